The van der Waals surface area contributed by atoms with Gasteiger partial charge in [0, 0.05) is 6.04 Å². The van der Waals surface area contributed by atoms with Crippen molar-refractivity contribution < 1.29 is 9.53 Å². The predicted octanol–water partition coefficient (Wildman–Crippen LogP) is 2.78. The van der Waals surface area contributed by atoms with Crippen LogP contribution in [0, 0.1) is 0 Å². The second kappa shape index (κ2) is 5.53. The van der Waals surface area contributed by atoms with Crippen LogP contribution in [-0.4, -0.2) is 19.1 Å². The van der Waals surface area contributed by atoms with Crippen molar-refractivity contribution in [1.29, 1.82) is 0 Å². The largest absolute Gasteiger partial charge is 0.468 e. The first-order chi connectivity index (χ1) is 8.63. The summed E-state index contributed by atoms with van der Waals surface area (Å²) in [4.78, 5) is 11.5. The number of ether oxygens (including phenoxy) is 1. The van der Waals surface area contributed by atoms with Gasteiger partial charge in [-0.3, -0.25) is 10.1 Å². The SMILES string of the molecule is COC(=O)[C@H](C)NC1CCC(C)c2ccccc21. The predicted molar refractivity (Wildman–Crippen MR) is 71.4 cm³/mol. The Bertz CT molecular complexity index is 430. The molecule has 0 saturated heterocycles. The molecular weight excluding hydrogens is 226 g/mol. The molecule has 0 radical (unpaired) electrons. The number of methoxy groups -OCH3 is 1. The lowest BCUT2D eigenvalue weighted by Crippen LogP contribution is -2.39. The molecule has 2 unspecified atom stereocenters. The van der Waals surface area contributed by atoms with E-state index in [9.17, 15) is 4.79 Å². The van der Waals surface area contributed by atoms with E-state index < -0.39 is 0 Å². The van der Waals surface area contributed by atoms with E-state index in [4.69, 9.17) is 4.74 Å². The third-order valence-electron chi connectivity index (χ3n) is 3.80. The van der Waals surface area contributed by atoms with E-state index in [0.29, 0.717) is 5.92 Å². The molecule has 3 heteroatoms. The van der Waals surface area contributed by atoms with Crippen LogP contribution in [0.5, 0.6) is 0 Å². The summed E-state index contributed by atoms with van der Waals surface area (Å²) < 4.78 is 4.76. The highest BCUT2D eigenvalue weighted by Gasteiger charge is 2.26. The first-order valence-corrected chi connectivity index (χ1v) is 6.56. The first kappa shape index (κ1) is 13.1. The highest BCUT2D eigenvalue weighted by Crippen LogP contribution is 2.37. The van der Waals surface area contributed by atoms with Crippen LogP contribution in [0.3, 0.4) is 0 Å². The summed E-state index contributed by atoms with van der Waals surface area (Å²) >= 11 is 0. The second-order valence-corrected chi connectivity index (χ2v) is 5.07. The van der Waals surface area contributed by atoms with Crippen LogP contribution < -0.4 is 5.32 Å². The highest BCUT2D eigenvalue weighted by molar-refractivity contribution is 5.75. The van der Waals surface area contributed by atoms with E-state index in [1.54, 1.807) is 0 Å². The maximum Gasteiger partial charge on any atom is 0.322 e. The van der Waals surface area contributed by atoms with E-state index in [1.807, 2.05) is 6.92 Å². The minimum Gasteiger partial charge on any atom is -0.468 e. The average molecular weight is 247 g/mol. The Labute approximate surface area is 109 Å². The summed E-state index contributed by atoms with van der Waals surface area (Å²) in [5.41, 5.74) is 2.73. The van der Waals surface area contributed by atoms with Gasteiger partial charge in [-0.05, 0) is 36.8 Å². The molecule has 0 fully saturated rings. The van der Waals surface area contributed by atoms with Crippen molar-refractivity contribution >= 4 is 5.97 Å². The zero-order valence-corrected chi connectivity index (χ0v) is 11.3. The number of rotatable bonds is 3. The number of carbonyl (C=O) groups is 1. The number of hydrogen-bond acceptors (Lipinski definition) is 3. The van der Waals surface area contributed by atoms with Crippen LogP contribution in [0.15, 0.2) is 24.3 Å². The Balaban J connectivity index is 2.16. The van der Waals surface area contributed by atoms with E-state index in [2.05, 4.69) is 36.5 Å². The Morgan fingerprint density at radius 2 is 2.00 bits per heavy atom. The van der Waals surface area contributed by atoms with Gasteiger partial charge in [0.05, 0.1) is 7.11 Å². The van der Waals surface area contributed by atoms with E-state index >= 15 is 0 Å². The van der Waals surface area contributed by atoms with Crippen molar-refractivity contribution in [2.45, 2.75) is 44.7 Å². The molecule has 3 nitrogen and oxygen atoms in total. The van der Waals surface area contributed by atoms with Gasteiger partial charge in [-0.15, -0.1) is 0 Å². The Morgan fingerprint density at radius 3 is 2.67 bits per heavy atom. The third-order valence-corrected chi connectivity index (χ3v) is 3.80. The lowest BCUT2D eigenvalue weighted by molar-refractivity contribution is -0.142. The molecule has 2 rings (SSSR count). The van der Waals surface area contributed by atoms with Crippen molar-refractivity contribution in [1.82, 2.24) is 5.32 Å². The molecule has 1 aliphatic rings. The zero-order valence-electron chi connectivity index (χ0n) is 11.3. The number of benzene rings is 1. The van der Waals surface area contributed by atoms with E-state index in [0.717, 1.165) is 12.8 Å². The van der Waals surface area contributed by atoms with Crippen LogP contribution in [-0.2, 0) is 9.53 Å². The molecule has 0 amide bonds. The fourth-order valence-electron chi connectivity index (χ4n) is 2.72. The molecule has 1 aromatic rings. The normalized spacial score (nSPS) is 24.2. The molecule has 1 aliphatic carbocycles. The van der Waals surface area contributed by atoms with Gasteiger partial charge in [0.25, 0.3) is 0 Å². The van der Waals surface area contributed by atoms with Gasteiger partial charge in [0.15, 0.2) is 0 Å². The average Bonchev–Trinajstić information content (AvgIpc) is 2.41. The molecule has 0 bridgehead atoms. The molecule has 1 aromatic carbocycles. The van der Waals surface area contributed by atoms with Gasteiger partial charge >= 0.3 is 5.97 Å². The monoisotopic (exact) mass is 247 g/mol. The fraction of sp³-hybridized carbons (Fsp3) is 0.533. The molecule has 0 spiro atoms. The minimum atomic E-state index is -0.263. The van der Waals surface area contributed by atoms with Gasteiger partial charge in [-0.25, -0.2) is 0 Å². The molecular formula is C15H21NO2. The summed E-state index contributed by atoms with van der Waals surface area (Å²) in [5.74, 6) is 0.402. The number of hydrogen-bond donors (Lipinski definition) is 1. The van der Waals surface area contributed by atoms with Crippen molar-refractivity contribution in [2.24, 2.45) is 0 Å². The zero-order chi connectivity index (χ0) is 13.1. The second-order valence-electron chi connectivity index (χ2n) is 5.07. The van der Waals surface area contributed by atoms with Crippen molar-refractivity contribution in [3.63, 3.8) is 0 Å². The standard InChI is InChI=1S/C15H21NO2/c1-10-8-9-14(16-11(2)15(17)18-3)13-7-5-4-6-12(10)13/h4-7,10-11,14,16H,8-9H2,1-3H3/t10?,11-,14?/m0/s1. The van der Waals surface area contributed by atoms with E-state index in [1.165, 1.54) is 18.2 Å². The number of fused-ring (bicyclic) bond motifs is 1. The summed E-state index contributed by atoms with van der Waals surface area (Å²) in [7, 11) is 1.43. The molecule has 3 atom stereocenters. The molecule has 98 valence electrons. The Kier molecular flexibility index (Phi) is 4.02. The molecule has 0 heterocycles. The summed E-state index contributed by atoms with van der Waals surface area (Å²) in [6, 6.07) is 8.49. The molecule has 0 saturated carbocycles. The van der Waals surface area contributed by atoms with Gasteiger partial charge in [0.1, 0.15) is 6.04 Å². The highest BCUT2D eigenvalue weighted by atomic mass is 16.5. The van der Waals surface area contributed by atoms with Gasteiger partial charge in [0.2, 0.25) is 0 Å². The number of esters is 1. The summed E-state index contributed by atoms with van der Waals surface area (Å²) in [5, 5.41) is 3.37. The lowest BCUT2D eigenvalue weighted by atomic mass is 9.81. The third kappa shape index (κ3) is 2.56. The molecule has 18 heavy (non-hydrogen) atoms. The quantitative estimate of drug-likeness (QED) is 0.835. The van der Waals surface area contributed by atoms with Crippen molar-refractivity contribution in [2.75, 3.05) is 7.11 Å². The Morgan fingerprint density at radius 1 is 1.33 bits per heavy atom. The van der Waals surface area contributed by atoms with Crippen LogP contribution in [0.1, 0.15) is 49.8 Å². The fourth-order valence-corrected chi connectivity index (χ4v) is 2.72. The lowest BCUT2D eigenvalue weighted by Gasteiger charge is -2.31. The van der Waals surface area contributed by atoms with Crippen LogP contribution >= 0.6 is 0 Å². The summed E-state index contributed by atoms with van der Waals surface area (Å²) in [6.07, 6.45) is 2.22. The smallest absolute Gasteiger partial charge is 0.322 e. The molecule has 1 N–H and O–H groups in total. The van der Waals surface area contributed by atoms with Crippen molar-refractivity contribution in [3.8, 4) is 0 Å². The van der Waals surface area contributed by atoms with Gasteiger partial charge < -0.3 is 4.74 Å². The summed E-state index contributed by atoms with van der Waals surface area (Å²) in [6.45, 7) is 4.12. The van der Waals surface area contributed by atoms with Crippen molar-refractivity contribution in [3.05, 3.63) is 35.4 Å². The van der Waals surface area contributed by atoms with Gasteiger partial charge in [-0.1, -0.05) is 31.2 Å². The van der Waals surface area contributed by atoms with Crippen LogP contribution in [0.4, 0.5) is 0 Å². The first-order valence-electron chi connectivity index (χ1n) is 6.56. The minimum absolute atomic E-state index is 0.203. The number of nitrogens with one attached hydrogen (secondary N) is 1. The Hall–Kier alpha value is -1.35. The maximum absolute atomic E-state index is 11.5. The van der Waals surface area contributed by atoms with Crippen LogP contribution in [0.2, 0.25) is 0 Å². The van der Waals surface area contributed by atoms with Gasteiger partial charge in [-0.2, -0.15) is 0 Å². The van der Waals surface area contributed by atoms with E-state index in [-0.39, 0.29) is 18.1 Å². The molecule has 0 aromatic heterocycles. The number of carbonyl (C=O) groups excluding carboxylic acids is 1. The topological polar surface area (TPSA) is 38.3 Å². The maximum atomic E-state index is 11.5. The molecule has 0 aliphatic heterocycles. The van der Waals surface area contributed by atoms with Crippen LogP contribution in [0.25, 0.3) is 0 Å².